The van der Waals surface area contributed by atoms with Crippen LogP contribution in [-0.4, -0.2) is 179 Å². The molecular weight excluding hydrogens is 929 g/mol. The lowest BCUT2D eigenvalue weighted by molar-refractivity contribution is -0.144. The molecule has 3 fully saturated rings. The summed E-state index contributed by atoms with van der Waals surface area (Å²) in [5.41, 5.74) is 6.34. The fraction of sp³-hybridized carbons (Fsp3) is 0.627. The molecule has 1 aromatic carbocycles. The van der Waals surface area contributed by atoms with E-state index in [1.807, 2.05) is 73.1 Å². The zero-order chi connectivity index (χ0) is 50.5. The van der Waals surface area contributed by atoms with Crippen LogP contribution in [0, 0.1) is 12.3 Å². The van der Waals surface area contributed by atoms with E-state index in [0.717, 1.165) is 71.8 Å². The highest BCUT2D eigenvalue weighted by Gasteiger charge is 2.44. The average molecular weight is 1000 g/mol. The van der Waals surface area contributed by atoms with Crippen LogP contribution >= 0.6 is 11.3 Å². The number of nitrogens with zero attached hydrogens (tertiary/aromatic N) is 7. The lowest BCUT2D eigenvalue weighted by Gasteiger charge is -2.42. The van der Waals surface area contributed by atoms with Crippen molar-refractivity contribution in [3.63, 3.8) is 0 Å². The quantitative estimate of drug-likeness (QED) is 0.0774. The van der Waals surface area contributed by atoms with E-state index in [9.17, 15) is 24.3 Å². The van der Waals surface area contributed by atoms with Gasteiger partial charge in [-0.15, -0.1) is 11.3 Å². The Morgan fingerprint density at radius 1 is 0.859 bits per heavy atom. The van der Waals surface area contributed by atoms with E-state index in [0.29, 0.717) is 57.5 Å². The summed E-state index contributed by atoms with van der Waals surface area (Å²) < 4.78 is 24.3. The second-order valence-electron chi connectivity index (χ2n) is 20.2. The molecule has 2 saturated heterocycles. The van der Waals surface area contributed by atoms with E-state index in [-0.39, 0.29) is 57.8 Å². The molecule has 1 saturated carbocycles. The Bertz CT molecular complexity index is 2360. The Hall–Kier alpha value is -5.09. The number of rotatable bonds is 23. The highest BCUT2D eigenvalue weighted by Crippen LogP contribution is 2.31. The van der Waals surface area contributed by atoms with Gasteiger partial charge in [0.15, 0.2) is 5.82 Å². The number of nitrogens with one attached hydrogen (secondary N) is 3. The average Bonchev–Trinajstić information content (AvgIpc) is 4.11. The highest BCUT2D eigenvalue weighted by atomic mass is 32.1. The van der Waals surface area contributed by atoms with E-state index in [1.54, 1.807) is 17.7 Å². The fourth-order valence-corrected chi connectivity index (χ4v) is 10.4. The van der Waals surface area contributed by atoms with Crippen molar-refractivity contribution in [2.45, 2.75) is 116 Å². The molecule has 4 N–H and O–H groups in total. The third-order valence-electron chi connectivity index (χ3n) is 13.6. The van der Waals surface area contributed by atoms with Crippen molar-refractivity contribution in [3.05, 3.63) is 65.2 Å². The lowest BCUT2D eigenvalue weighted by atomic mass is 9.85. The number of aliphatic hydroxyl groups excluding tert-OH is 1. The van der Waals surface area contributed by atoms with Crippen LogP contribution in [0.15, 0.2) is 48.4 Å². The SMILES string of the molecule is Cc1ncsc1-c1ccc(CNC(=O)C2CC(O)CN2C(=O)C(NC(=O)COCCOCCOCCOCC(=O)N2CCN(C3CCC(Nc4ncnn5ccc(C(C)C)c45)CC3)CC2)C(C)(C)C)cc1. The number of carbonyl (C=O) groups excluding carboxylic acids is 4. The summed E-state index contributed by atoms with van der Waals surface area (Å²) >= 11 is 1.57. The molecule has 3 atom stereocenters. The van der Waals surface area contributed by atoms with Gasteiger partial charge in [-0.1, -0.05) is 58.9 Å². The first-order valence-electron chi connectivity index (χ1n) is 25.1. The lowest BCUT2D eigenvalue weighted by Crippen LogP contribution is -2.58. The first kappa shape index (κ1) is 53.7. The molecule has 0 radical (unpaired) electrons. The zero-order valence-electron chi connectivity index (χ0n) is 42.3. The Morgan fingerprint density at radius 3 is 2.15 bits per heavy atom. The Balaban J connectivity index is 0.702. The number of β-amino-alcohol motifs (C(OH)–C–C–N with tert-alkyl or cyclic N) is 1. The van der Waals surface area contributed by atoms with Gasteiger partial charge in [0.1, 0.15) is 37.1 Å². The van der Waals surface area contributed by atoms with E-state index >= 15 is 0 Å². The maximum Gasteiger partial charge on any atom is 0.248 e. The van der Waals surface area contributed by atoms with E-state index in [2.05, 4.69) is 55.8 Å². The summed E-state index contributed by atoms with van der Waals surface area (Å²) in [5, 5.41) is 24.4. The third kappa shape index (κ3) is 14.8. The monoisotopic (exact) mass is 1000 g/mol. The first-order valence-corrected chi connectivity index (χ1v) is 26.0. The van der Waals surface area contributed by atoms with Crippen LogP contribution in [0.4, 0.5) is 5.82 Å². The Kier molecular flexibility index (Phi) is 19.3. The van der Waals surface area contributed by atoms with Gasteiger partial charge in [0.2, 0.25) is 23.6 Å². The standard InChI is InChI=1S/C51H74N10O9S/c1-34(2)41-15-16-61-45(41)48(53-32-55-61)56-38-11-13-39(14-12-38)58-17-19-59(20-18-58)44(64)31-70-26-24-68-22-21-67-23-25-69-30-43(63)57-47(51(4,5)6)50(66)60-29-40(62)27-42(60)49(65)52-28-36-7-9-37(10-8-36)46-35(3)54-33-71-46/h7-10,15-16,32-34,38-40,42,47,62H,11-14,17-31H2,1-6H3,(H,52,65)(H,57,63)(H,53,55,56). The summed E-state index contributed by atoms with van der Waals surface area (Å²) in [7, 11) is 0. The first-order chi connectivity index (χ1) is 34.2. The number of aryl methyl sites for hydroxylation is 1. The van der Waals surface area contributed by atoms with Gasteiger partial charge >= 0.3 is 0 Å². The van der Waals surface area contributed by atoms with Crippen molar-refractivity contribution in [3.8, 4) is 10.4 Å². The molecule has 5 heterocycles. The third-order valence-corrected chi connectivity index (χ3v) is 14.6. The number of hydrogen-bond donors (Lipinski definition) is 4. The van der Waals surface area contributed by atoms with Crippen LogP contribution in [-0.2, 0) is 44.7 Å². The highest BCUT2D eigenvalue weighted by molar-refractivity contribution is 7.13. The van der Waals surface area contributed by atoms with Gasteiger partial charge in [-0.3, -0.25) is 24.1 Å². The minimum Gasteiger partial charge on any atom is -0.391 e. The molecule has 7 rings (SSSR count). The minimum atomic E-state index is -0.967. The maximum atomic E-state index is 13.9. The normalized spacial score (nSPS) is 20.4. The molecule has 2 aliphatic heterocycles. The number of amides is 4. The Labute approximate surface area is 421 Å². The number of anilines is 1. The number of benzene rings is 1. The molecule has 3 aliphatic rings. The summed E-state index contributed by atoms with van der Waals surface area (Å²) in [4.78, 5) is 69.0. The maximum absolute atomic E-state index is 13.9. The van der Waals surface area contributed by atoms with Crippen molar-refractivity contribution >= 4 is 46.3 Å². The number of likely N-dealkylation sites (tertiary alicyclic amines) is 1. The summed E-state index contributed by atoms with van der Waals surface area (Å²) in [6, 6.07) is 9.04. The van der Waals surface area contributed by atoms with Gasteiger partial charge in [-0.25, -0.2) is 14.5 Å². The molecular formula is C51H74N10O9S. The number of fused-ring (bicyclic) bond motifs is 1. The van der Waals surface area contributed by atoms with Crippen molar-refractivity contribution in [2.75, 3.05) is 90.9 Å². The molecule has 4 amide bonds. The number of hydrogen-bond acceptors (Lipinski definition) is 15. The number of aromatic nitrogens is 4. The molecule has 71 heavy (non-hydrogen) atoms. The van der Waals surface area contributed by atoms with Crippen molar-refractivity contribution < 1.29 is 43.2 Å². The second kappa shape index (κ2) is 25.5. The molecule has 388 valence electrons. The molecule has 3 unspecified atom stereocenters. The van der Waals surface area contributed by atoms with Gasteiger partial charge in [-0.05, 0) is 66.7 Å². The minimum absolute atomic E-state index is 0.00517. The van der Waals surface area contributed by atoms with Crippen molar-refractivity contribution in [1.82, 2.24) is 44.9 Å². The molecule has 19 nitrogen and oxygen atoms in total. The number of carbonyl (C=O) groups is 4. The van der Waals surface area contributed by atoms with E-state index in [4.69, 9.17) is 18.9 Å². The predicted octanol–water partition coefficient (Wildman–Crippen LogP) is 4.03. The molecule has 3 aromatic heterocycles. The van der Waals surface area contributed by atoms with Crippen LogP contribution in [0.5, 0.6) is 0 Å². The predicted molar refractivity (Wildman–Crippen MR) is 270 cm³/mol. The number of piperazine rings is 1. The molecule has 0 spiro atoms. The van der Waals surface area contributed by atoms with Crippen molar-refractivity contribution in [2.24, 2.45) is 5.41 Å². The van der Waals surface area contributed by atoms with Crippen LogP contribution in [0.1, 0.15) is 89.5 Å². The molecule has 0 bridgehead atoms. The van der Waals surface area contributed by atoms with Gasteiger partial charge in [0.05, 0.1) is 61.8 Å². The molecule has 4 aromatic rings. The fourth-order valence-electron chi connectivity index (χ4n) is 9.62. The van der Waals surface area contributed by atoms with E-state index in [1.165, 1.54) is 10.5 Å². The number of thiazole rings is 1. The number of ether oxygens (including phenoxy) is 4. The van der Waals surface area contributed by atoms with Gasteiger partial charge in [-0.2, -0.15) is 5.10 Å². The summed E-state index contributed by atoms with van der Waals surface area (Å²) in [6.07, 6.45) is 7.22. The van der Waals surface area contributed by atoms with Crippen molar-refractivity contribution in [1.29, 1.82) is 0 Å². The summed E-state index contributed by atoms with van der Waals surface area (Å²) in [5.74, 6) is -0.00706. The van der Waals surface area contributed by atoms with Crippen LogP contribution < -0.4 is 16.0 Å². The van der Waals surface area contributed by atoms with E-state index < -0.39 is 35.4 Å². The second-order valence-corrected chi connectivity index (χ2v) is 21.0. The topological polar surface area (TPSA) is 214 Å². The molecule has 1 aliphatic carbocycles. The van der Waals surface area contributed by atoms with Gasteiger partial charge < -0.3 is 49.8 Å². The number of aliphatic hydroxyl groups is 1. The van der Waals surface area contributed by atoms with Gasteiger partial charge in [0, 0.05) is 64.0 Å². The zero-order valence-corrected chi connectivity index (χ0v) is 43.1. The Morgan fingerprint density at radius 2 is 1.52 bits per heavy atom. The summed E-state index contributed by atoms with van der Waals surface area (Å²) in [6.45, 7) is 16.6. The van der Waals surface area contributed by atoms with Crippen LogP contribution in [0.2, 0.25) is 0 Å². The van der Waals surface area contributed by atoms with Crippen LogP contribution in [0.25, 0.3) is 16.0 Å². The smallest absolute Gasteiger partial charge is 0.248 e. The molecule has 20 heteroatoms. The largest absolute Gasteiger partial charge is 0.391 e. The van der Waals surface area contributed by atoms with Crippen LogP contribution in [0.3, 0.4) is 0 Å². The van der Waals surface area contributed by atoms with Gasteiger partial charge in [0.25, 0.3) is 0 Å².